The first-order valence-corrected chi connectivity index (χ1v) is 13.9. The van der Waals surface area contributed by atoms with Gasteiger partial charge in [0.25, 0.3) is 0 Å². The van der Waals surface area contributed by atoms with Gasteiger partial charge in [-0.05, 0) is 114 Å². The topological polar surface area (TPSA) is 73.6 Å². The van der Waals surface area contributed by atoms with E-state index in [9.17, 15) is 9.90 Å². The lowest BCUT2D eigenvalue weighted by molar-refractivity contribution is -0.160. The zero-order valence-corrected chi connectivity index (χ0v) is 22.7. The molecule has 1 atom stereocenters. The summed E-state index contributed by atoms with van der Waals surface area (Å²) in [7, 11) is 0. The number of carboxylic acid groups (broad SMARTS) is 1. The highest BCUT2D eigenvalue weighted by atomic mass is 16.5. The molecule has 2 aliphatic carbocycles. The van der Waals surface area contributed by atoms with Crippen LogP contribution >= 0.6 is 0 Å². The van der Waals surface area contributed by atoms with E-state index >= 15 is 0 Å². The molecule has 6 rings (SSSR count). The Morgan fingerprint density at radius 2 is 1.84 bits per heavy atom. The molecule has 37 heavy (non-hydrogen) atoms. The molecule has 1 fully saturated rings. The lowest BCUT2D eigenvalue weighted by Gasteiger charge is -2.29. The van der Waals surface area contributed by atoms with Gasteiger partial charge < -0.3 is 19.1 Å². The van der Waals surface area contributed by atoms with Gasteiger partial charge >= 0.3 is 5.97 Å². The van der Waals surface area contributed by atoms with Crippen molar-refractivity contribution in [3.8, 4) is 16.9 Å². The molecule has 0 spiro atoms. The smallest absolute Gasteiger partial charge is 0.337 e. The summed E-state index contributed by atoms with van der Waals surface area (Å²) in [6.45, 7) is 10.6. The van der Waals surface area contributed by atoms with Crippen molar-refractivity contribution >= 4 is 17.0 Å². The molecule has 0 bridgehead atoms. The van der Waals surface area contributed by atoms with Crippen LogP contribution in [0.25, 0.3) is 22.2 Å². The van der Waals surface area contributed by atoms with Gasteiger partial charge in [0.1, 0.15) is 11.4 Å². The molecule has 0 radical (unpaired) electrons. The number of pyridine rings is 1. The number of aromatic nitrogens is 2. The average molecular weight is 503 g/mol. The standard InChI is InChI=1S/C31H38N2O4/c1-17-20-10-8-16-36-24(20)15-14-21(17)26-25(28(30(34)35)37-31(3,4)5)18(2)32-29-27(26)22-9-6-7-11-23(22)33(29)19-12-13-19/h14-15,19,28H,6-13,16H2,1-5H3,(H,34,35). The van der Waals surface area contributed by atoms with Gasteiger partial charge in [0.05, 0.1) is 12.2 Å². The van der Waals surface area contributed by atoms with Gasteiger partial charge in [0.2, 0.25) is 0 Å². The van der Waals surface area contributed by atoms with Crippen molar-refractivity contribution in [3.05, 3.63) is 45.8 Å². The lowest BCUT2D eigenvalue weighted by Crippen LogP contribution is -2.28. The molecular weight excluding hydrogens is 464 g/mol. The van der Waals surface area contributed by atoms with Crippen molar-refractivity contribution in [2.75, 3.05) is 6.61 Å². The minimum absolute atomic E-state index is 0.508. The van der Waals surface area contributed by atoms with Crippen molar-refractivity contribution in [1.29, 1.82) is 0 Å². The van der Waals surface area contributed by atoms with Crippen molar-refractivity contribution in [2.24, 2.45) is 0 Å². The first kappa shape index (κ1) is 24.5. The fourth-order valence-corrected chi connectivity index (χ4v) is 6.51. The summed E-state index contributed by atoms with van der Waals surface area (Å²) in [6, 6.07) is 4.72. The number of hydrogen-bond donors (Lipinski definition) is 1. The number of hydrogen-bond acceptors (Lipinski definition) is 4. The summed E-state index contributed by atoms with van der Waals surface area (Å²) in [5.74, 6) is -0.0238. The average Bonchev–Trinajstić information content (AvgIpc) is 3.63. The Morgan fingerprint density at radius 3 is 2.54 bits per heavy atom. The monoisotopic (exact) mass is 502 g/mol. The zero-order chi connectivity index (χ0) is 26.1. The quantitative estimate of drug-likeness (QED) is 0.415. The molecule has 0 amide bonds. The first-order chi connectivity index (χ1) is 17.7. The molecule has 6 heteroatoms. The third kappa shape index (κ3) is 4.14. The second-order valence-electron chi connectivity index (χ2n) is 12.0. The molecule has 3 heterocycles. The normalized spacial score (nSPS) is 18.3. The van der Waals surface area contributed by atoms with Crippen molar-refractivity contribution in [1.82, 2.24) is 9.55 Å². The summed E-state index contributed by atoms with van der Waals surface area (Å²) in [5.41, 5.74) is 9.11. The van der Waals surface area contributed by atoms with Crippen LogP contribution in [0.4, 0.5) is 0 Å². The summed E-state index contributed by atoms with van der Waals surface area (Å²) >= 11 is 0. The fourth-order valence-electron chi connectivity index (χ4n) is 6.51. The van der Waals surface area contributed by atoms with E-state index < -0.39 is 17.7 Å². The van der Waals surface area contributed by atoms with Gasteiger partial charge in [0, 0.05) is 33.9 Å². The number of fused-ring (bicyclic) bond motifs is 4. The fraction of sp³-hybridized carbons (Fsp3) is 0.548. The Morgan fingerprint density at radius 1 is 1.11 bits per heavy atom. The minimum atomic E-state index is -1.11. The van der Waals surface area contributed by atoms with E-state index in [-0.39, 0.29) is 0 Å². The molecule has 1 aliphatic heterocycles. The van der Waals surface area contributed by atoms with E-state index in [2.05, 4.69) is 23.6 Å². The molecule has 6 nitrogen and oxygen atoms in total. The first-order valence-electron chi connectivity index (χ1n) is 13.9. The minimum Gasteiger partial charge on any atom is -0.493 e. The van der Waals surface area contributed by atoms with Crippen LogP contribution in [-0.2, 0) is 28.8 Å². The Hall–Kier alpha value is -2.86. The van der Waals surface area contributed by atoms with Crippen LogP contribution in [0.5, 0.6) is 5.75 Å². The Bertz CT molecular complexity index is 1410. The molecule has 2 aromatic heterocycles. The zero-order valence-electron chi connectivity index (χ0n) is 22.7. The van der Waals surface area contributed by atoms with E-state index in [0.717, 1.165) is 72.3 Å². The SMILES string of the molecule is Cc1nc2c(c3c(n2C2CC2)CCCC3)c(-c2ccc3c(c2C)CCCO3)c1C(OC(C)(C)C)C(=O)O. The Kier molecular flexibility index (Phi) is 5.86. The van der Waals surface area contributed by atoms with Gasteiger partial charge in [-0.3, -0.25) is 0 Å². The highest BCUT2D eigenvalue weighted by molar-refractivity contribution is 6.02. The summed E-state index contributed by atoms with van der Waals surface area (Å²) in [4.78, 5) is 18.0. The number of rotatable bonds is 5. The third-order valence-corrected chi connectivity index (χ3v) is 8.19. The maximum atomic E-state index is 12.8. The van der Waals surface area contributed by atoms with Crippen LogP contribution < -0.4 is 4.74 Å². The highest BCUT2D eigenvalue weighted by Crippen LogP contribution is 2.49. The molecule has 196 valence electrons. The molecule has 1 aromatic carbocycles. The Labute approximate surface area is 219 Å². The molecule has 3 aromatic rings. The number of nitrogens with zero attached hydrogens (tertiary/aromatic N) is 2. The maximum Gasteiger partial charge on any atom is 0.337 e. The second kappa shape index (κ2) is 8.87. The molecule has 1 N–H and O–H groups in total. The van der Waals surface area contributed by atoms with E-state index in [4.69, 9.17) is 14.5 Å². The molecule has 0 saturated heterocycles. The maximum absolute atomic E-state index is 12.8. The van der Waals surface area contributed by atoms with Gasteiger partial charge in [0.15, 0.2) is 6.10 Å². The second-order valence-corrected chi connectivity index (χ2v) is 12.0. The van der Waals surface area contributed by atoms with E-state index in [0.29, 0.717) is 11.6 Å². The number of aryl methyl sites for hydroxylation is 2. The molecular formula is C31H38N2O4. The highest BCUT2D eigenvalue weighted by Gasteiger charge is 2.37. The molecule has 1 saturated carbocycles. The van der Waals surface area contributed by atoms with E-state index in [1.54, 1.807) is 0 Å². The Balaban J connectivity index is 1.73. The van der Waals surface area contributed by atoms with Gasteiger partial charge in [-0.25, -0.2) is 9.78 Å². The van der Waals surface area contributed by atoms with Crippen molar-refractivity contribution in [2.45, 2.75) is 104 Å². The van der Waals surface area contributed by atoms with Crippen LogP contribution in [0.2, 0.25) is 0 Å². The van der Waals surface area contributed by atoms with E-state index in [1.807, 2.05) is 27.7 Å². The third-order valence-electron chi connectivity index (χ3n) is 8.19. The largest absolute Gasteiger partial charge is 0.493 e. The van der Waals surface area contributed by atoms with Crippen molar-refractivity contribution in [3.63, 3.8) is 0 Å². The van der Waals surface area contributed by atoms with E-state index in [1.165, 1.54) is 41.6 Å². The number of ether oxygens (including phenoxy) is 2. The summed E-state index contributed by atoms with van der Waals surface area (Å²) < 4.78 is 14.8. The van der Waals surface area contributed by atoms with Gasteiger partial charge in [-0.2, -0.15) is 0 Å². The predicted molar refractivity (Wildman–Crippen MR) is 145 cm³/mol. The number of carboxylic acids is 1. The van der Waals surface area contributed by atoms with Crippen LogP contribution in [0, 0.1) is 13.8 Å². The number of benzene rings is 1. The van der Waals surface area contributed by atoms with Crippen LogP contribution in [-0.4, -0.2) is 32.8 Å². The summed E-state index contributed by atoms with van der Waals surface area (Å²) in [5, 5.41) is 11.6. The van der Waals surface area contributed by atoms with Crippen LogP contribution in [0.1, 0.15) is 98.7 Å². The van der Waals surface area contributed by atoms with Crippen LogP contribution in [0.3, 0.4) is 0 Å². The van der Waals surface area contributed by atoms with Gasteiger partial charge in [-0.1, -0.05) is 6.07 Å². The number of carbonyl (C=O) groups is 1. The predicted octanol–water partition coefficient (Wildman–Crippen LogP) is 6.80. The van der Waals surface area contributed by atoms with Gasteiger partial charge in [-0.15, -0.1) is 0 Å². The lowest BCUT2D eigenvalue weighted by atomic mass is 9.84. The molecule has 1 unspecified atom stereocenters. The van der Waals surface area contributed by atoms with Crippen molar-refractivity contribution < 1.29 is 19.4 Å². The van der Waals surface area contributed by atoms with Crippen LogP contribution in [0.15, 0.2) is 12.1 Å². The number of aliphatic carboxylic acids is 1. The molecule has 3 aliphatic rings. The summed E-state index contributed by atoms with van der Waals surface area (Å²) in [6.07, 6.45) is 7.65.